The number of urea groups is 1. The molecule has 0 radical (unpaired) electrons. The molecule has 20 heavy (non-hydrogen) atoms. The summed E-state index contributed by atoms with van der Waals surface area (Å²) in [4.78, 5) is 18.1. The van der Waals surface area contributed by atoms with E-state index in [1.165, 1.54) is 0 Å². The smallest absolute Gasteiger partial charge is 0.317 e. The van der Waals surface area contributed by atoms with E-state index in [4.69, 9.17) is 5.26 Å². The van der Waals surface area contributed by atoms with Crippen molar-refractivity contribution < 1.29 is 4.79 Å². The summed E-state index contributed by atoms with van der Waals surface area (Å²) in [5, 5.41) is 11.8. The molecule has 2 heterocycles. The van der Waals surface area contributed by atoms with Gasteiger partial charge in [-0.05, 0) is 31.4 Å². The van der Waals surface area contributed by atoms with Gasteiger partial charge in [-0.3, -0.25) is 4.98 Å². The third kappa shape index (κ3) is 3.70. The van der Waals surface area contributed by atoms with Gasteiger partial charge in [0.2, 0.25) is 0 Å². The SMILES string of the molecule is Cc1cccnc1CCNC(=O)N1CCC[C@@H](C#N)C1. The molecule has 0 bridgehead atoms. The summed E-state index contributed by atoms with van der Waals surface area (Å²) in [5.41, 5.74) is 2.16. The Morgan fingerprint density at radius 3 is 3.25 bits per heavy atom. The number of pyridine rings is 1. The fourth-order valence-electron chi connectivity index (χ4n) is 2.45. The van der Waals surface area contributed by atoms with Crippen molar-refractivity contribution in [2.75, 3.05) is 19.6 Å². The molecule has 0 saturated carbocycles. The zero-order valence-corrected chi connectivity index (χ0v) is 11.8. The summed E-state index contributed by atoms with van der Waals surface area (Å²) in [7, 11) is 0. The standard InChI is InChI=1S/C15H20N4O/c1-12-4-2-7-17-14(12)6-8-18-15(20)19-9-3-5-13(10-16)11-19/h2,4,7,13H,3,5-6,8-9,11H2,1H3,(H,18,20)/t13-/m0/s1. The van der Waals surface area contributed by atoms with Gasteiger partial charge in [-0.15, -0.1) is 0 Å². The molecule has 5 heteroatoms. The van der Waals surface area contributed by atoms with Crippen molar-refractivity contribution in [2.45, 2.75) is 26.2 Å². The molecule has 5 nitrogen and oxygen atoms in total. The van der Waals surface area contributed by atoms with Gasteiger partial charge in [0, 0.05) is 37.9 Å². The lowest BCUT2D eigenvalue weighted by Crippen LogP contribution is -2.45. The second kappa shape index (κ2) is 6.90. The number of carbonyl (C=O) groups is 1. The third-order valence-corrected chi connectivity index (χ3v) is 3.65. The quantitative estimate of drug-likeness (QED) is 0.913. The summed E-state index contributed by atoms with van der Waals surface area (Å²) in [5.74, 6) is -0.0208. The molecule has 0 unspecified atom stereocenters. The van der Waals surface area contributed by atoms with Crippen LogP contribution in [0.15, 0.2) is 18.3 Å². The van der Waals surface area contributed by atoms with Gasteiger partial charge >= 0.3 is 6.03 Å². The Kier molecular flexibility index (Phi) is 4.94. The molecule has 1 saturated heterocycles. The molecule has 1 atom stereocenters. The highest BCUT2D eigenvalue weighted by atomic mass is 16.2. The van der Waals surface area contributed by atoms with Crippen LogP contribution in [0.25, 0.3) is 0 Å². The second-order valence-corrected chi connectivity index (χ2v) is 5.16. The zero-order chi connectivity index (χ0) is 14.4. The highest BCUT2D eigenvalue weighted by molar-refractivity contribution is 5.74. The molecule has 0 aliphatic carbocycles. The van der Waals surface area contributed by atoms with Gasteiger partial charge in [-0.2, -0.15) is 5.26 Å². The maximum Gasteiger partial charge on any atom is 0.317 e. The monoisotopic (exact) mass is 272 g/mol. The Morgan fingerprint density at radius 1 is 1.65 bits per heavy atom. The molecular weight excluding hydrogens is 252 g/mol. The fourth-order valence-corrected chi connectivity index (χ4v) is 2.45. The van der Waals surface area contributed by atoms with E-state index < -0.39 is 0 Å². The van der Waals surface area contributed by atoms with Gasteiger partial charge in [0.05, 0.1) is 12.0 Å². The maximum absolute atomic E-state index is 12.0. The van der Waals surface area contributed by atoms with E-state index in [9.17, 15) is 4.79 Å². The molecule has 1 fully saturated rings. The molecule has 0 spiro atoms. The number of piperidine rings is 1. The summed E-state index contributed by atoms with van der Waals surface area (Å²) in [6, 6.07) is 6.11. The number of rotatable bonds is 3. The molecule has 1 aliphatic heterocycles. The van der Waals surface area contributed by atoms with Crippen LogP contribution < -0.4 is 5.32 Å². The molecule has 1 aliphatic rings. The van der Waals surface area contributed by atoms with Crippen molar-refractivity contribution in [1.82, 2.24) is 15.2 Å². The first-order valence-corrected chi connectivity index (χ1v) is 7.03. The van der Waals surface area contributed by atoms with E-state index in [0.717, 1.165) is 37.1 Å². The molecule has 1 N–H and O–H groups in total. The number of aromatic nitrogens is 1. The van der Waals surface area contributed by atoms with Crippen molar-refractivity contribution in [1.29, 1.82) is 5.26 Å². The van der Waals surface area contributed by atoms with Gasteiger partial charge in [0.25, 0.3) is 0 Å². The van der Waals surface area contributed by atoms with Gasteiger partial charge in [-0.25, -0.2) is 4.79 Å². The van der Waals surface area contributed by atoms with Crippen LogP contribution in [0.2, 0.25) is 0 Å². The molecule has 2 amide bonds. The molecule has 1 aromatic rings. The van der Waals surface area contributed by atoms with Crippen LogP contribution in [0, 0.1) is 24.2 Å². The lowest BCUT2D eigenvalue weighted by atomic mass is 10.0. The number of likely N-dealkylation sites (tertiary alicyclic amines) is 1. The number of nitriles is 1. The summed E-state index contributed by atoms with van der Waals surface area (Å²) in [6.45, 7) is 3.88. The highest BCUT2D eigenvalue weighted by Gasteiger charge is 2.22. The largest absolute Gasteiger partial charge is 0.338 e. The summed E-state index contributed by atoms with van der Waals surface area (Å²) < 4.78 is 0. The molecular formula is C15H20N4O. The van der Waals surface area contributed by atoms with Crippen LogP contribution in [0.1, 0.15) is 24.1 Å². The van der Waals surface area contributed by atoms with E-state index in [1.54, 1.807) is 11.1 Å². The first-order chi connectivity index (χ1) is 9.70. The lowest BCUT2D eigenvalue weighted by molar-refractivity contribution is 0.176. The minimum absolute atomic E-state index is 0.0208. The van der Waals surface area contributed by atoms with Crippen molar-refractivity contribution in [3.05, 3.63) is 29.6 Å². The van der Waals surface area contributed by atoms with E-state index in [2.05, 4.69) is 16.4 Å². The first kappa shape index (κ1) is 14.3. The lowest BCUT2D eigenvalue weighted by Gasteiger charge is -2.29. The molecule has 0 aromatic carbocycles. The van der Waals surface area contributed by atoms with Crippen LogP contribution in [-0.2, 0) is 6.42 Å². The Morgan fingerprint density at radius 2 is 2.50 bits per heavy atom. The topological polar surface area (TPSA) is 69.0 Å². The maximum atomic E-state index is 12.0. The van der Waals surface area contributed by atoms with Gasteiger partial charge in [0.15, 0.2) is 0 Å². The highest BCUT2D eigenvalue weighted by Crippen LogP contribution is 2.15. The minimum Gasteiger partial charge on any atom is -0.338 e. The van der Waals surface area contributed by atoms with Crippen LogP contribution >= 0.6 is 0 Å². The third-order valence-electron chi connectivity index (χ3n) is 3.65. The molecule has 1 aromatic heterocycles. The number of hydrogen-bond acceptors (Lipinski definition) is 3. The minimum atomic E-state index is -0.0708. The van der Waals surface area contributed by atoms with Crippen molar-refractivity contribution in [3.63, 3.8) is 0 Å². The Balaban J connectivity index is 1.78. The van der Waals surface area contributed by atoms with Crippen molar-refractivity contribution in [2.24, 2.45) is 5.92 Å². The van der Waals surface area contributed by atoms with E-state index in [1.807, 2.05) is 19.1 Å². The summed E-state index contributed by atoms with van der Waals surface area (Å²) >= 11 is 0. The normalized spacial score (nSPS) is 18.4. The second-order valence-electron chi connectivity index (χ2n) is 5.16. The number of aryl methyl sites for hydroxylation is 1. The Bertz CT molecular complexity index is 509. The van der Waals surface area contributed by atoms with Crippen LogP contribution in [-0.4, -0.2) is 35.5 Å². The van der Waals surface area contributed by atoms with Crippen LogP contribution in [0.3, 0.4) is 0 Å². The predicted molar refractivity (Wildman–Crippen MR) is 76.0 cm³/mol. The van der Waals surface area contributed by atoms with Gasteiger partial charge in [0.1, 0.15) is 0 Å². The Hall–Kier alpha value is -2.09. The number of nitrogens with zero attached hydrogens (tertiary/aromatic N) is 3. The number of carbonyl (C=O) groups excluding carboxylic acids is 1. The average molecular weight is 272 g/mol. The van der Waals surface area contributed by atoms with Crippen molar-refractivity contribution >= 4 is 6.03 Å². The first-order valence-electron chi connectivity index (χ1n) is 7.03. The summed E-state index contributed by atoms with van der Waals surface area (Å²) in [6.07, 6.45) is 4.30. The van der Waals surface area contributed by atoms with E-state index in [-0.39, 0.29) is 11.9 Å². The Labute approximate surface area is 119 Å². The van der Waals surface area contributed by atoms with Crippen LogP contribution in [0.5, 0.6) is 0 Å². The van der Waals surface area contributed by atoms with E-state index in [0.29, 0.717) is 13.1 Å². The molecule has 2 rings (SSSR count). The average Bonchev–Trinajstić information content (AvgIpc) is 2.49. The van der Waals surface area contributed by atoms with Crippen LogP contribution in [0.4, 0.5) is 4.79 Å². The van der Waals surface area contributed by atoms with E-state index >= 15 is 0 Å². The fraction of sp³-hybridized carbons (Fsp3) is 0.533. The van der Waals surface area contributed by atoms with Crippen molar-refractivity contribution in [3.8, 4) is 6.07 Å². The van der Waals surface area contributed by atoms with Gasteiger partial charge in [-0.1, -0.05) is 6.07 Å². The number of hydrogen-bond donors (Lipinski definition) is 1. The predicted octanol–water partition coefficient (Wildman–Crippen LogP) is 1.88. The van der Waals surface area contributed by atoms with Gasteiger partial charge < -0.3 is 10.2 Å². The molecule has 106 valence electrons. The number of nitrogens with one attached hydrogen (secondary N) is 1. The number of amides is 2. The zero-order valence-electron chi connectivity index (χ0n) is 11.8.